The number of hydrogen-bond acceptors (Lipinski definition) is 3. The van der Waals surface area contributed by atoms with Crippen molar-refractivity contribution in [3.63, 3.8) is 0 Å². The Morgan fingerprint density at radius 1 is 1.03 bits per heavy atom. The highest BCUT2D eigenvalue weighted by Gasteiger charge is 2.25. The van der Waals surface area contributed by atoms with Crippen molar-refractivity contribution >= 4 is 28.4 Å². The fraction of sp³-hybridized carbons (Fsp3) is 0.375. The minimum Gasteiger partial charge on any atom is -0.337 e. The zero-order chi connectivity index (χ0) is 21.1. The van der Waals surface area contributed by atoms with E-state index < -0.39 is 0 Å². The van der Waals surface area contributed by atoms with Crippen molar-refractivity contribution in [2.75, 3.05) is 24.5 Å². The monoisotopic (exact) mass is 404 g/mol. The molecular formula is C24H28N4O2. The van der Waals surface area contributed by atoms with Crippen LogP contribution in [-0.2, 0) is 11.3 Å². The second-order valence-electron chi connectivity index (χ2n) is 7.85. The van der Waals surface area contributed by atoms with Crippen LogP contribution in [0.4, 0.5) is 5.69 Å². The van der Waals surface area contributed by atoms with Crippen LogP contribution in [0, 0.1) is 6.92 Å². The highest BCUT2D eigenvalue weighted by Crippen LogP contribution is 2.23. The summed E-state index contributed by atoms with van der Waals surface area (Å²) in [4.78, 5) is 29.9. The molecule has 1 aliphatic rings. The number of anilines is 1. The Balaban J connectivity index is 1.64. The minimum atomic E-state index is -0.0478. The van der Waals surface area contributed by atoms with Gasteiger partial charge in [0.2, 0.25) is 5.91 Å². The van der Waals surface area contributed by atoms with Crippen LogP contribution in [0.5, 0.6) is 0 Å². The summed E-state index contributed by atoms with van der Waals surface area (Å²) in [6, 6.07) is 15.6. The maximum absolute atomic E-state index is 13.1. The molecule has 0 unspecified atom stereocenters. The van der Waals surface area contributed by atoms with Crippen LogP contribution in [0.25, 0.3) is 10.9 Å². The zero-order valence-corrected chi connectivity index (χ0v) is 17.7. The molecule has 3 aromatic rings. The van der Waals surface area contributed by atoms with Crippen molar-refractivity contribution in [1.29, 1.82) is 0 Å². The summed E-state index contributed by atoms with van der Waals surface area (Å²) in [5.41, 5.74) is 3.24. The molecule has 30 heavy (non-hydrogen) atoms. The van der Waals surface area contributed by atoms with Gasteiger partial charge in [0.25, 0.3) is 5.91 Å². The van der Waals surface area contributed by atoms with E-state index >= 15 is 0 Å². The quantitative estimate of drug-likeness (QED) is 0.645. The van der Waals surface area contributed by atoms with Crippen LogP contribution in [0.1, 0.15) is 42.2 Å². The van der Waals surface area contributed by atoms with E-state index in [0.717, 1.165) is 48.1 Å². The average Bonchev–Trinajstić information content (AvgIpc) is 3.13. The highest BCUT2D eigenvalue weighted by molar-refractivity contribution is 6.05. The first-order valence-electron chi connectivity index (χ1n) is 10.7. The number of hydrogen-bond donors (Lipinski definition) is 0. The van der Waals surface area contributed by atoms with Crippen LogP contribution >= 0.6 is 0 Å². The number of para-hydroxylation sites is 1. The summed E-state index contributed by atoms with van der Waals surface area (Å²) in [6.45, 7) is 6.19. The van der Waals surface area contributed by atoms with E-state index in [4.69, 9.17) is 0 Å². The maximum Gasteiger partial charge on any atom is 0.275 e. The van der Waals surface area contributed by atoms with Gasteiger partial charge in [-0.15, -0.1) is 0 Å². The Bertz CT molecular complexity index is 1070. The Morgan fingerprint density at radius 2 is 1.80 bits per heavy atom. The molecule has 2 aromatic carbocycles. The second-order valence-corrected chi connectivity index (χ2v) is 7.85. The first-order valence-corrected chi connectivity index (χ1v) is 10.7. The van der Waals surface area contributed by atoms with E-state index in [1.165, 1.54) is 6.42 Å². The number of aromatic nitrogens is 2. The van der Waals surface area contributed by atoms with Gasteiger partial charge in [0, 0.05) is 30.7 Å². The minimum absolute atomic E-state index is 0.0388. The van der Waals surface area contributed by atoms with Crippen LogP contribution in [-0.4, -0.2) is 46.1 Å². The Labute approximate surface area is 177 Å². The van der Waals surface area contributed by atoms with Gasteiger partial charge in [0.15, 0.2) is 5.69 Å². The molecule has 0 saturated carbocycles. The number of likely N-dealkylation sites (tertiary alicyclic amines) is 1. The lowest BCUT2D eigenvalue weighted by Crippen LogP contribution is -2.36. The van der Waals surface area contributed by atoms with E-state index in [9.17, 15) is 9.59 Å². The predicted octanol–water partition coefficient (Wildman–Crippen LogP) is 4.02. The van der Waals surface area contributed by atoms with Crippen molar-refractivity contribution in [3.8, 4) is 0 Å². The number of rotatable bonds is 5. The number of benzene rings is 2. The second kappa shape index (κ2) is 8.69. The standard InChI is InChI=1S/C24H28N4O2/c1-3-27(19-11-9-10-18(2)16-19)22(29)17-28-21-13-6-5-12-20(21)23(25-28)24(30)26-14-7-4-8-15-26/h5-6,9-13,16H,3-4,7-8,14-15,17H2,1-2H3. The van der Waals surface area contributed by atoms with Crippen molar-refractivity contribution in [2.45, 2.75) is 39.7 Å². The number of aryl methyl sites for hydroxylation is 1. The maximum atomic E-state index is 13.1. The van der Waals surface area contributed by atoms with Gasteiger partial charge < -0.3 is 9.80 Å². The number of carbonyl (C=O) groups excluding carboxylic acids is 2. The van der Waals surface area contributed by atoms with E-state index in [2.05, 4.69) is 5.10 Å². The third-order valence-electron chi connectivity index (χ3n) is 5.72. The number of carbonyl (C=O) groups is 2. The smallest absolute Gasteiger partial charge is 0.275 e. The van der Waals surface area contributed by atoms with Crippen molar-refractivity contribution < 1.29 is 9.59 Å². The molecule has 6 nitrogen and oxygen atoms in total. The molecule has 1 fully saturated rings. The van der Waals surface area contributed by atoms with Crippen molar-refractivity contribution in [2.24, 2.45) is 0 Å². The normalized spacial score (nSPS) is 14.1. The summed E-state index contributed by atoms with van der Waals surface area (Å²) in [5, 5.41) is 5.42. The van der Waals surface area contributed by atoms with Gasteiger partial charge in [-0.3, -0.25) is 14.3 Å². The Kier molecular flexibility index (Phi) is 5.84. The SMILES string of the molecule is CCN(C(=O)Cn1nc(C(=O)N2CCCCC2)c2ccccc21)c1cccc(C)c1. The van der Waals surface area contributed by atoms with Gasteiger partial charge in [-0.05, 0) is 56.9 Å². The molecule has 0 spiro atoms. The molecule has 0 N–H and O–H groups in total. The Morgan fingerprint density at radius 3 is 2.53 bits per heavy atom. The van der Waals surface area contributed by atoms with E-state index in [1.807, 2.05) is 67.3 Å². The number of amides is 2. The summed E-state index contributed by atoms with van der Waals surface area (Å²) in [5.74, 6) is -0.0866. The topological polar surface area (TPSA) is 58.4 Å². The molecule has 0 aliphatic carbocycles. The molecular weight excluding hydrogens is 376 g/mol. The van der Waals surface area contributed by atoms with Gasteiger partial charge in [-0.25, -0.2) is 0 Å². The lowest BCUT2D eigenvalue weighted by Gasteiger charge is -2.26. The Hall–Kier alpha value is -3.15. The third kappa shape index (κ3) is 3.95. The molecule has 1 aliphatic heterocycles. The van der Waals surface area contributed by atoms with Gasteiger partial charge in [0.05, 0.1) is 5.52 Å². The zero-order valence-electron chi connectivity index (χ0n) is 17.7. The van der Waals surface area contributed by atoms with Crippen LogP contribution < -0.4 is 4.90 Å². The fourth-order valence-corrected chi connectivity index (χ4v) is 4.16. The molecule has 2 heterocycles. The fourth-order valence-electron chi connectivity index (χ4n) is 4.16. The molecule has 156 valence electrons. The summed E-state index contributed by atoms with van der Waals surface area (Å²) < 4.78 is 1.67. The van der Waals surface area contributed by atoms with Gasteiger partial charge in [0.1, 0.15) is 6.54 Å². The highest BCUT2D eigenvalue weighted by atomic mass is 16.2. The van der Waals surface area contributed by atoms with E-state index in [-0.39, 0.29) is 18.4 Å². The lowest BCUT2D eigenvalue weighted by molar-refractivity contribution is -0.119. The lowest BCUT2D eigenvalue weighted by atomic mass is 10.1. The van der Waals surface area contributed by atoms with Crippen molar-refractivity contribution in [1.82, 2.24) is 14.7 Å². The predicted molar refractivity (Wildman–Crippen MR) is 119 cm³/mol. The summed E-state index contributed by atoms with van der Waals surface area (Å²) in [6.07, 6.45) is 3.23. The molecule has 6 heteroatoms. The molecule has 0 bridgehead atoms. The van der Waals surface area contributed by atoms with Crippen LogP contribution in [0.3, 0.4) is 0 Å². The van der Waals surface area contributed by atoms with Crippen molar-refractivity contribution in [3.05, 3.63) is 59.8 Å². The number of nitrogens with zero attached hydrogens (tertiary/aromatic N) is 4. The molecule has 2 amide bonds. The van der Waals surface area contributed by atoms with Gasteiger partial charge in [-0.2, -0.15) is 5.10 Å². The summed E-state index contributed by atoms with van der Waals surface area (Å²) in [7, 11) is 0. The first kappa shape index (κ1) is 20.1. The van der Waals surface area contributed by atoms with E-state index in [0.29, 0.717) is 12.2 Å². The van der Waals surface area contributed by atoms with Crippen LogP contribution in [0.2, 0.25) is 0 Å². The number of likely N-dealkylation sites (N-methyl/N-ethyl adjacent to an activating group) is 1. The molecule has 1 saturated heterocycles. The van der Waals surface area contributed by atoms with Crippen LogP contribution in [0.15, 0.2) is 48.5 Å². The average molecular weight is 405 g/mol. The van der Waals surface area contributed by atoms with Gasteiger partial charge >= 0.3 is 0 Å². The van der Waals surface area contributed by atoms with E-state index in [1.54, 1.807) is 9.58 Å². The number of piperidine rings is 1. The first-order chi connectivity index (χ1) is 14.6. The molecule has 0 atom stereocenters. The number of fused-ring (bicyclic) bond motifs is 1. The molecule has 4 rings (SSSR count). The molecule has 0 radical (unpaired) electrons. The third-order valence-corrected chi connectivity index (χ3v) is 5.72. The molecule has 1 aromatic heterocycles. The summed E-state index contributed by atoms with van der Waals surface area (Å²) >= 11 is 0. The van der Waals surface area contributed by atoms with Gasteiger partial charge in [-0.1, -0.05) is 30.3 Å². The largest absolute Gasteiger partial charge is 0.337 e.